The fourth-order valence-corrected chi connectivity index (χ4v) is 5.16. The van der Waals surface area contributed by atoms with E-state index in [1.165, 1.54) is 30.3 Å². The third-order valence-electron chi connectivity index (χ3n) is 6.00. The molecule has 33 heavy (non-hydrogen) atoms. The van der Waals surface area contributed by atoms with Crippen LogP contribution in [0.25, 0.3) is 0 Å². The number of aliphatic hydroxyl groups excluding tert-OH is 1. The Kier molecular flexibility index (Phi) is 6.45. The van der Waals surface area contributed by atoms with Crippen LogP contribution in [0, 0.1) is 17.7 Å². The topological polar surface area (TPSA) is 78.4 Å². The second kappa shape index (κ2) is 8.88. The molecule has 1 fully saturated rings. The zero-order valence-corrected chi connectivity index (χ0v) is 19.2. The Morgan fingerprint density at radius 2 is 1.91 bits per heavy atom. The van der Waals surface area contributed by atoms with Gasteiger partial charge < -0.3 is 15.7 Å². The number of carbonyl (C=O) groups is 2. The van der Waals surface area contributed by atoms with Crippen molar-refractivity contribution in [3.05, 3.63) is 62.3 Å². The van der Waals surface area contributed by atoms with Gasteiger partial charge in [-0.2, -0.15) is 13.2 Å². The predicted octanol–water partition coefficient (Wildman–Crippen LogP) is 5.35. The summed E-state index contributed by atoms with van der Waals surface area (Å²) in [6, 6.07) is 5.84. The summed E-state index contributed by atoms with van der Waals surface area (Å²) in [7, 11) is 0. The van der Waals surface area contributed by atoms with Crippen LogP contribution in [0.15, 0.2) is 34.8 Å². The Morgan fingerprint density at radius 3 is 2.61 bits per heavy atom. The van der Waals surface area contributed by atoms with E-state index in [1.54, 1.807) is 0 Å². The van der Waals surface area contributed by atoms with Crippen molar-refractivity contribution >= 4 is 45.0 Å². The normalized spacial score (nSPS) is 24.9. The fraction of sp³-hybridized carbons (Fsp3) is 0.364. The van der Waals surface area contributed by atoms with E-state index >= 15 is 0 Å². The fourth-order valence-electron chi connectivity index (χ4n) is 4.48. The van der Waals surface area contributed by atoms with E-state index in [0.29, 0.717) is 10.0 Å². The van der Waals surface area contributed by atoms with Crippen LogP contribution in [0.4, 0.5) is 23.2 Å². The molecule has 1 saturated carbocycles. The molecule has 176 valence electrons. The molecule has 3 N–H and O–H groups in total. The average molecular weight is 550 g/mol. The van der Waals surface area contributed by atoms with Gasteiger partial charge in [0.25, 0.3) is 5.91 Å². The van der Waals surface area contributed by atoms with Gasteiger partial charge in [0.2, 0.25) is 5.91 Å². The van der Waals surface area contributed by atoms with Crippen molar-refractivity contribution in [2.75, 3.05) is 5.32 Å². The number of hydrogen-bond donors (Lipinski definition) is 3. The molecule has 5 nitrogen and oxygen atoms in total. The molecular formula is C22H18BrClF4N2O3. The number of halogens is 6. The van der Waals surface area contributed by atoms with Gasteiger partial charge in [0.05, 0.1) is 18.1 Å². The van der Waals surface area contributed by atoms with Gasteiger partial charge in [-0.1, -0.05) is 27.5 Å². The SMILES string of the molecule is O=C1N[C@@H](c2cc(F)ccc2Cl)c2c(NC(=O)[C@H]3C[C@H](O)C[C@@H](C(F)(F)F)C3)cc(Br)cc21. The number of amides is 2. The third-order valence-corrected chi connectivity index (χ3v) is 6.80. The average Bonchev–Trinajstić information content (AvgIpc) is 3.05. The lowest BCUT2D eigenvalue weighted by Gasteiger charge is -2.33. The molecule has 0 radical (unpaired) electrons. The molecule has 11 heteroatoms. The molecule has 4 atom stereocenters. The van der Waals surface area contributed by atoms with Gasteiger partial charge >= 0.3 is 6.18 Å². The number of carbonyl (C=O) groups excluding carboxylic acids is 2. The van der Waals surface area contributed by atoms with Gasteiger partial charge in [0.1, 0.15) is 5.82 Å². The number of benzene rings is 2. The first kappa shape index (κ1) is 24.0. The Labute approximate surface area is 199 Å². The van der Waals surface area contributed by atoms with Gasteiger partial charge in [-0.3, -0.25) is 9.59 Å². The summed E-state index contributed by atoms with van der Waals surface area (Å²) in [5.74, 6) is -4.61. The van der Waals surface area contributed by atoms with Gasteiger partial charge in [-0.25, -0.2) is 4.39 Å². The summed E-state index contributed by atoms with van der Waals surface area (Å²) < 4.78 is 54.0. The highest BCUT2D eigenvalue weighted by Crippen LogP contribution is 2.43. The van der Waals surface area contributed by atoms with E-state index in [1.807, 2.05) is 0 Å². The van der Waals surface area contributed by atoms with Crippen LogP contribution in [-0.2, 0) is 4.79 Å². The number of fused-ring (bicyclic) bond motifs is 1. The second-order valence-electron chi connectivity index (χ2n) is 8.27. The van der Waals surface area contributed by atoms with Crippen LogP contribution in [0.2, 0.25) is 5.02 Å². The van der Waals surface area contributed by atoms with E-state index < -0.39 is 60.6 Å². The number of anilines is 1. The van der Waals surface area contributed by atoms with E-state index in [4.69, 9.17) is 11.6 Å². The van der Waals surface area contributed by atoms with Crippen LogP contribution in [-0.4, -0.2) is 29.2 Å². The monoisotopic (exact) mass is 548 g/mol. The second-order valence-corrected chi connectivity index (χ2v) is 9.60. The van der Waals surface area contributed by atoms with Gasteiger partial charge in [0.15, 0.2) is 0 Å². The van der Waals surface area contributed by atoms with Crippen molar-refractivity contribution in [2.45, 2.75) is 37.6 Å². The minimum absolute atomic E-state index is 0.106. The molecule has 1 aliphatic heterocycles. The lowest BCUT2D eigenvalue weighted by Crippen LogP contribution is -2.39. The molecule has 4 rings (SSSR count). The first-order valence-electron chi connectivity index (χ1n) is 10.1. The van der Waals surface area contributed by atoms with Crippen molar-refractivity contribution in [3.8, 4) is 0 Å². The molecule has 0 saturated heterocycles. The smallest absolute Gasteiger partial charge is 0.391 e. The molecule has 0 bridgehead atoms. The summed E-state index contributed by atoms with van der Waals surface area (Å²) >= 11 is 9.50. The predicted molar refractivity (Wildman–Crippen MR) is 116 cm³/mol. The number of aliphatic hydroxyl groups is 1. The van der Waals surface area contributed by atoms with E-state index in [0.717, 1.165) is 0 Å². The number of rotatable bonds is 3. The molecule has 0 spiro atoms. The van der Waals surface area contributed by atoms with Crippen LogP contribution in [0.1, 0.15) is 46.8 Å². The molecule has 1 aliphatic carbocycles. The van der Waals surface area contributed by atoms with E-state index in [2.05, 4.69) is 26.6 Å². The molecule has 2 aromatic carbocycles. The van der Waals surface area contributed by atoms with E-state index in [-0.39, 0.29) is 28.3 Å². The highest BCUT2D eigenvalue weighted by molar-refractivity contribution is 9.10. The summed E-state index contributed by atoms with van der Waals surface area (Å²) in [6.45, 7) is 0. The maximum absolute atomic E-state index is 13.9. The highest BCUT2D eigenvalue weighted by Gasteiger charge is 2.46. The molecule has 0 unspecified atom stereocenters. The maximum Gasteiger partial charge on any atom is 0.391 e. The van der Waals surface area contributed by atoms with Crippen molar-refractivity contribution in [1.29, 1.82) is 0 Å². The van der Waals surface area contributed by atoms with Gasteiger partial charge in [-0.15, -0.1) is 0 Å². The zero-order chi connectivity index (χ0) is 24.1. The summed E-state index contributed by atoms with van der Waals surface area (Å²) in [4.78, 5) is 25.5. The van der Waals surface area contributed by atoms with E-state index in [9.17, 15) is 32.3 Å². The van der Waals surface area contributed by atoms with Gasteiger partial charge in [-0.05, 0) is 49.6 Å². The first-order valence-corrected chi connectivity index (χ1v) is 11.3. The largest absolute Gasteiger partial charge is 0.393 e. The Morgan fingerprint density at radius 1 is 1.18 bits per heavy atom. The van der Waals surface area contributed by atoms with Gasteiger partial charge in [0, 0.05) is 37.8 Å². The summed E-state index contributed by atoms with van der Waals surface area (Å²) in [6.07, 6.45) is -6.77. The first-order chi connectivity index (χ1) is 15.4. The van der Waals surface area contributed by atoms with Crippen molar-refractivity contribution in [1.82, 2.24) is 5.32 Å². The molecule has 0 aromatic heterocycles. The standard InChI is InChI=1S/C22H18BrClF4N2O3/c23-11-6-15-18(19(30-21(15)33)14-8-12(25)1-2-16(14)24)17(7-11)29-20(32)9-3-10(22(26,27)28)5-13(31)4-9/h1-2,6-10,13,19,31H,3-5H2,(H,29,32)(H,30,33)/t9-,10+,13+,19+/m1/s1. The molecule has 2 aromatic rings. The Balaban J connectivity index is 1.68. The minimum atomic E-state index is -4.52. The van der Waals surface area contributed by atoms with Crippen molar-refractivity contribution in [3.63, 3.8) is 0 Å². The minimum Gasteiger partial charge on any atom is -0.393 e. The Bertz CT molecular complexity index is 1130. The molecular weight excluding hydrogens is 532 g/mol. The molecule has 2 aliphatic rings. The van der Waals surface area contributed by atoms with Crippen LogP contribution >= 0.6 is 27.5 Å². The summed E-state index contributed by atoms with van der Waals surface area (Å²) in [5.41, 5.74) is 0.984. The third kappa shape index (κ3) is 4.88. The quantitative estimate of drug-likeness (QED) is 0.452. The van der Waals surface area contributed by atoms with Crippen molar-refractivity contribution < 1.29 is 32.3 Å². The molecule has 1 heterocycles. The lowest BCUT2D eigenvalue weighted by molar-refractivity contribution is -0.194. The number of alkyl halides is 3. The van der Waals surface area contributed by atoms with Crippen LogP contribution in [0.3, 0.4) is 0 Å². The zero-order valence-electron chi connectivity index (χ0n) is 16.8. The van der Waals surface area contributed by atoms with Crippen LogP contribution in [0.5, 0.6) is 0 Å². The Hall–Kier alpha value is -2.17. The number of nitrogens with one attached hydrogen (secondary N) is 2. The lowest BCUT2D eigenvalue weighted by atomic mass is 9.79. The molecule has 2 amide bonds. The number of hydrogen-bond acceptors (Lipinski definition) is 3. The summed E-state index contributed by atoms with van der Waals surface area (Å²) in [5, 5.41) is 15.4. The maximum atomic E-state index is 13.9. The van der Waals surface area contributed by atoms with Crippen molar-refractivity contribution in [2.24, 2.45) is 11.8 Å². The van der Waals surface area contributed by atoms with Crippen LogP contribution < -0.4 is 10.6 Å². The highest BCUT2D eigenvalue weighted by atomic mass is 79.9.